The van der Waals surface area contributed by atoms with Crippen LogP contribution in [0, 0.1) is 0 Å². The maximum atomic E-state index is 12.5. The summed E-state index contributed by atoms with van der Waals surface area (Å²) < 4.78 is 7.48. The average molecular weight is 379 g/mol. The van der Waals surface area contributed by atoms with Crippen molar-refractivity contribution >= 4 is 17.4 Å². The number of hydrogen-bond acceptors (Lipinski definition) is 5. The van der Waals surface area contributed by atoms with E-state index in [1.165, 1.54) is 6.42 Å². The molecule has 0 radical (unpaired) electrons. The van der Waals surface area contributed by atoms with Gasteiger partial charge in [0.05, 0.1) is 13.3 Å². The topological polar surface area (TPSA) is 71.8 Å². The zero-order valence-corrected chi connectivity index (χ0v) is 16.1. The first kappa shape index (κ1) is 18.3. The molecule has 1 fully saturated rings. The number of rotatable bonds is 6. The molecule has 1 N–H and O–H groups in total. The largest absolute Gasteiger partial charge is 0.496 e. The highest BCUT2D eigenvalue weighted by Crippen LogP contribution is 2.34. The summed E-state index contributed by atoms with van der Waals surface area (Å²) in [4.78, 5) is 23.4. The highest BCUT2D eigenvalue weighted by atomic mass is 16.5. The number of carbonyl (C=O) groups is 1. The van der Waals surface area contributed by atoms with Gasteiger partial charge in [-0.05, 0) is 31.4 Å². The van der Waals surface area contributed by atoms with Gasteiger partial charge in [-0.1, -0.05) is 12.1 Å². The van der Waals surface area contributed by atoms with Crippen molar-refractivity contribution in [2.24, 2.45) is 0 Å². The minimum absolute atomic E-state index is 0.210. The molecule has 0 unspecified atom stereocenters. The Balaban J connectivity index is 1.58. The van der Waals surface area contributed by atoms with Crippen LogP contribution in [0.5, 0.6) is 5.75 Å². The van der Waals surface area contributed by atoms with Gasteiger partial charge in [0.2, 0.25) is 5.91 Å². The van der Waals surface area contributed by atoms with Gasteiger partial charge >= 0.3 is 0 Å². The summed E-state index contributed by atoms with van der Waals surface area (Å²) in [5.74, 6) is 1.81. The van der Waals surface area contributed by atoms with Crippen LogP contribution >= 0.6 is 0 Å². The van der Waals surface area contributed by atoms with Crippen LogP contribution < -0.4 is 10.1 Å². The number of anilines is 1. The van der Waals surface area contributed by atoms with E-state index in [1.807, 2.05) is 39.8 Å². The fraction of sp³-hybridized carbons (Fsp3) is 0.381. The third kappa shape index (κ3) is 3.65. The third-order valence-corrected chi connectivity index (χ3v) is 5.13. The van der Waals surface area contributed by atoms with E-state index in [9.17, 15) is 4.79 Å². The van der Waals surface area contributed by atoms with Gasteiger partial charge in [-0.25, -0.2) is 4.98 Å². The van der Waals surface area contributed by atoms with Crippen LogP contribution in [-0.4, -0.2) is 51.9 Å². The molecule has 3 heterocycles. The van der Waals surface area contributed by atoms with Crippen LogP contribution in [0.4, 0.5) is 5.82 Å². The number of benzene rings is 1. The molecule has 0 bridgehead atoms. The summed E-state index contributed by atoms with van der Waals surface area (Å²) in [6.45, 7) is 2.31. The lowest BCUT2D eigenvalue weighted by Crippen LogP contribution is -2.36. The number of carbonyl (C=O) groups excluding carboxylic acids is 1. The van der Waals surface area contributed by atoms with Crippen molar-refractivity contribution in [1.82, 2.24) is 19.3 Å². The quantitative estimate of drug-likeness (QED) is 0.712. The SMILES string of the molecule is COc1ccccc1-c1nc2cnccn2c1NCCC(=O)N1CCCCC1. The van der Waals surface area contributed by atoms with Crippen molar-refractivity contribution in [1.29, 1.82) is 0 Å². The molecule has 7 heteroatoms. The molecule has 1 aliphatic heterocycles. The number of hydrogen-bond donors (Lipinski definition) is 1. The van der Waals surface area contributed by atoms with E-state index in [4.69, 9.17) is 9.72 Å². The first-order valence-corrected chi connectivity index (χ1v) is 9.75. The van der Waals surface area contributed by atoms with Crippen molar-refractivity contribution in [3.8, 4) is 17.0 Å². The zero-order valence-electron chi connectivity index (χ0n) is 16.1. The van der Waals surface area contributed by atoms with Crippen molar-refractivity contribution in [3.05, 3.63) is 42.9 Å². The molecule has 2 aromatic heterocycles. The minimum Gasteiger partial charge on any atom is -0.496 e. The van der Waals surface area contributed by atoms with Crippen LogP contribution in [0.25, 0.3) is 16.9 Å². The molecule has 1 aromatic carbocycles. The number of fused-ring (bicyclic) bond motifs is 1. The van der Waals surface area contributed by atoms with E-state index in [0.717, 1.165) is 54.4 Å². The molecule has 1 saturated heterocycles. The van der Waals surface area contributed by atoms with Crippen LogP contribution in [0.15, 0.2) is 42.9 Å². The summed E-state index contributed by atoms with van der Waals surface area (Å²) in [6, 6.07) is 7.80. The van der Waals surface area contributed by atoms with Gasteiger partial charge in [0.1, 0.15) is 17.3 Å². The Bertz CT molecular complexity index is 962. The molecule has 0 spiro atoms. The highest BCUT2D eigenvalue weighted by Gasteiger charge is 2.19. The molecule has 4 rings (SSSR count). The van der Waals surface area contributed by atoms with Gasteiger partial charge < -0.3 is 15.0 Å². The van der Waals surface area contributed by atoms with E-state index in [0.29, 0.717) is 13.0 Å². The molecule has 146 valence electrons. The lowest BCUT2D eigenvalue weighted by Gasteiger charge is -2.26. The average Bonchev–Trinajstić information content (AvgIpc) is 3.12. The number of para-hydroxylation sites is 1. The van der Waals surface area contributed by atoms with Gasteiger partial charge in [0, 0.05) is 44.0 Å². The first-order chi connectivity index (χ1) is 13.8. The fourth-order valence-corrected chi connectivity index (χ4v) is 3.69. The van der Waals surface area contributed by atoms with E-state index in [1.54, 1.807) is 19.5 Å². The molecule has 0 saturated carbocycles. The Morgan fingerprint density at radius 3 is 2.86 bits per heavy atom. The van der Waals surface area contributed by atoms with Crippen molar-refractivity contribution in [2.75, 3.05) is 32.1 Å². The number of aromatic nitrogens is 3. The molecule has 0 atom stereocenters. The van der Waals surface area contributed by atoms with Crippen molar-refractivity contribution in [2.45, 2.75) is 25.7 Å². The van der Waals surface area contributed by atoms with Crippen LogP contribution in [0.1, 0.15) is 25.7 Å². The standard InChI is InChI=1S/C21H25N5O2/c1-28-17-8-4-3-7-16(17)20-21(26-14-11-22-15-18(26)24-20)23-10-9-19(27)25-12-5-2-6-13-25/h3-4,7-8,11,14-15,23H,2,5-6,9-10,12-13H2,1H3. The summed E-state index contributed by atoms with van der Waals surface area (Å²) in [7, 11) is 1.65. The maximum Gasteiger partial charge on any atom is 0.224 e. The smallest absolute Gasteiger partial charge is 0.224 e. The van der Waals surface area contributed by atoms with Gasteiger partial charge in [-0.15, -0.1) is 0 Å². The number of likely N-dealkylation sites (tertiary alicyclic amines) is 1. The zero-order chi connectivity index (χ0) is 19.3. The number of ether oxygens (including phenoxy) is 1. The van der Waals surface area contributed by atoms with Gasteiger partial charge in [-0.2, -0.15) is 0 Å². The number of amides is 1. The molecular formula is C21H25N5O2. The number of piperidine rings is 1. The van der Waals surface area contributed by atoms with E-state index in [2.05, 4.69) is 10.3 Å². The predicted molar refractivity (Wildman–Crippen MR) is 109 cm³/mol. The molecule has 3 aromatic rings. The van der Waals surface area contributed by atoms with Gasteiger partial charge in [0.15, 0.2) is 5.65 Å². The Morgan fingerprint density at radius 1 is 1.21 bits per heavy atom. The first-order valence-electron chi connectivity index (χ1n) is 9.75. The van der Waals surface area contributed by atoms with Crippen molar-refractivity contribution in [3.63, 3.8) is 0 Å². The summed E-state index contributed by atoms with van der Waals surface area (Å²) >= 11 is 0. The lowest BCUT2D eigenvalue weighted by molar-refractivity contribution is -0.131. The second-order valence-corrected chi connectivity index (χ2v) is 6.93. The number of imidazole rings is 1. The van der Waals surface area contributed by atoms with Gasteiger partial charge in [-0.3, -0.25) is 14.2 Å². The van der Waals surface area contributed by atoms with E-state index < -0.39 is 0 Å². The maximum absolute atomic E-state index is 12.5. The molecule has 28 heavy (non-hydrogen) atoms. The number of methoxy groups -OCH3 is 1. The summed E-state index contributed by atoms with van der Waals surface area (Å²) in [5, 5.41) is 3.43. The lowest BCUT2D eigenvalue weighted by atomic mass is 10.1. The Labute approximate surface area is 164 Å². The molecule has 7 nitrogen and oxygen atoms in total. The second kappa shape index (κ2) is 8.29. The number of nitrogens with one attached hydrogen (secondary N) is 1. The highest BCUT2D eigenvalue weighted by molar-refractivity contribution is 5.81. The second-order valence-electron chi connectivity index (χ2n) is 6.93. The molecule has 1 aliphatic rings. The van der Waals surface area contributed by atoms with Crippen molar-refractivity contribution < 1.29 is 9.53 Å². The number of nitrogens with zero attached hydrogens (tertiary/aromatic N) is 4. The Morgan fingerprint density at radius 2 is 2.04 bits per heavy atom. The molecular weight excluding hydrogens is 354 g/mol. The third-order valence-electron chi connectivity index (χ3n) is 5.13. The van der Waals surface area contributed by atoms with Crippen LogP contribution in [-0.2, 0) is 4.79 Å². The molecule has 1 amide bonds. The Kier molecular flexibility index (Phi) is 5.41. The summed E-state index contributed by atoms with van der Waals surface area (Å²) in [5.41, 5.74) is 2.43. The Hall–Kier alpha value is -3.09. The monoisotopic (exact) mass is 379 g/mol. The predicted octanol–water partition coefficient (Wildman–Crippen LogP) is 3.22. The normalized spacial score (nSPS) is 14.2. The molecule has 0 aliphatic carbocycles. The minimum atomic E-state index is 0.210. The van der Waals surface area contributed by atoms with E-state index >= 15 is 0 Å². The summed E-state index contributed by atoms with van der Waals surface area (Å²) in [6.07, 6.45) is 9.22. The van der Waals surface area contributed by atoms with E-state index in [-0.39, 0.29) is 5.91 Å². The fourth-order valence-electron chi connectivity index (χ4n) is 3.69. The van der Waals surface area contributed by atoms with Crippen LogP contribution in [0.3, 0.4) is 0 Å². The van der Waals surface area contributed by atoms with Gasteiger partial charge in [0.25, 0.3) is 0 Å². The van der Waals surface area contributed by atoms with Crippen LogP contribution in [0.2, 0.25) is 0 Å².